The normalized spacial score (nSPS) is 27.5. The highest BCUT2D eigenvalue weighted by molar-refractivity contribution is 7.92. The maximum absolute atomic E-state index is 13.6. The summed E-state index contributed by atoms with van der Waals surface area (Å²) in [7, 11) is -3.97. The molecule has 1 spiro atoms. The van der Waals surface area contributed by atoms with Crippen molar-refractivity contribution in [1.29, 1.82) is 0 Å². The third-order valence-corrected chi connectivity index (χ3v) is 9.97. The molecular weight excluding hydrogens is 509 g/mol. The molecule has 2 bridgehead atoms. The summed E-state index contributed by atoms with van der Waals surface area (Å²) in [6.07, 6.45) is 1.56. The number of carbonyl (C=O) groups is 2. The van der Waals surface area contributed by atoms with Crippen LogP contribution in [0, 0.1) is 29.3 Å². The molecule has 12 heteroatoms. The molecular formula is C23H20ClF3N2O5S. The number of sulfone groups is 1. The standard InChI is InChI=1S/C23H20ClF3N2O5S/c24-16-4-1-11(21(30)29-14-8-17(25)20(27)18(26)9-14)5-19(16)35(32,33)15-6-12-2-3-13(7-15)23(12)10-28-22(31)34-23/h1,4-5,8-9,12-13,15H,2-3,6-7,10H2,(H,28,31)(H,29,30)/t12-,13?,15-,23-/m0/s1. The number of carbonyl (C=O) groups excluding carboxylic acids is 2. The topological polar surface area (TPSA) is 102 Å². The summed E-state index contributed by atoms with van der Waals surface area (Å²) >= 11 is 6.22. The number of benzene rings is 2. The molecule has 2 aliphatic carbocycles. The molecule has 1 aliphatic heterocycles. The van der Waals surface area contributed by atoms with Gasteiger partial charge in [0, 0.05) is 35.2 Å². The minimum Gasteiger partial charge on any atom is -0.440 e. The summed E-state index contributed by atoms with van der Waals surface area (Å²) in [5.74, 6) is -5.72. The van der Waals surface area contributed by atoms with Crippen LogP contribution >= 0.6 is 11.6 Å². The third kappa shape index (κ3) is 3.94. The van der Waals surface area contributed by atoms with Gasteiger partial charge < -0.3 is 15.4 Å². The van der Waals surface area contributed by atoms with Gasteiger partial charge in [0.25, 0.3) is 5.91 Å². The average molecular weight is 529 g/mol. The van der Waals surface area contributed by atoms with Gasteiger partial charge in [-0.05, 0) is 43.9 Å². The Hall–Kier alpha value is -2.79. The second-order valence-corrected chi connectivity index (χ2v) is 11.8. The van der Waals surface area contributed by atoms with E-state index in [1.54, 1.807) is 0 Å². The van der Waals surface area contributed by atoms with E-state index in [9.17, 15) is 31.2 Å². The summed E-state index contributed by atoms with van der Waals surface area (Å²) in [4.78, 5) is 24.1. The summed E-state index contributed by atoms with van der Waals surface area (Å²) in [5.41, 5.74) is -1.13. The van der Waals surface area contributed by atoms with Crippen LogP contribution in [0.5, 0.6) is 0 Å². The van der Waals surface area contributed by atoms with Crippen LogP contribution in [0.15, 0.2) is 35.2 Å². The molecule has 2 N–H and O–H groups in total. The van der Waals surface area contributed by atoms with Crippen LogP contribution in [0.4, 0.5) is 23.7 Å². The summed E-state index contributed by atoms with van der Waals surface area (Å²) in [6, 6.07) is 4.88. The van der Waals surface area contributed by atoms with Gasteiger partial charge in [0.2, 0.25) is 0 Å². The van der Waals surface area contributed by atoms with E-state index in [0.717, 1.165) is 18.9 Å². The lowest BCUT2D eigenvalue weighted by atomic mass is 9.74. The van der Waals surface area contributed by atoms with E-state index in [-0.39, 0.29) is 45.8 Å². The fourth-order valence-corrected chi connectivity index (χ4v) is 8.03. The van der Waals surface area contributed by atoms with Crippen molar-refractivity contribution in [3.8, 4) is 0 Å². The molecule has 2 saturated carbocycles. The zero-order valence-electron chi connectivity index (χ0n) is 18.1. The minimum absolute atomic E-state index is 0.0676. The fraction of sp³-hybridized carbons (Fsp3) is 0.391. The zero-order chi connectivity index (χ0) is 25.1. The molecule has 2 amide bonds. The first-order valence-electron chi connectivity index (χ1n) is 11.0. The number of rotatable bonds is 4. The minimum atomic E-state index is -3.97. The molecule has 186 valence electrons. The molecule has 1 unspecified atom stereocenters. The van der Waals surface area contributed by atoms with Gasteiger partial charge in [0.05, 0.1) is 21.7 Å². The number of hydrogen-bond acceptors (Lipinski definition) is 5. The summed E-state index contributed by atoms with van der Waals surface area (Å²) < 4.78 is 72.9. The van der Waals surface area contributed by atoms with Gasteiger partial charge in [0.15, 0.2) is 27.3 Å². The first-order valence-corrected chi connectivity index (χ1v) is 12.9. The molecule has 3 fully saturated rings. The van der Waals surface area contributed by atoms with Crippen LogP contribution in [0.3, 0.4) is 0 Å². The highest BCUT2D eigenvalue weighted by Crippen LogP contribution is 2.54. The molecule has 3 aliphatic rings. The Bertz CT molecular complexity index is 1320. The monoisotopic (exact) mass is 528 g/mol. The van der Waals surface area contributed by atoms with Crippen molar-refractivity contribution in [2.45, 2.75) is 41.4 Å². The van der Waals surface area contributed by atoms with Gasteiger partial charge >= 0.3 is 6.09 Å². The van der Waals surface area contributed by atoms with Crippen molar-refractivity contribution < 1.29 is 35.9 Å². The number of hydrogen-bond donors (Lipinski definition) is 2. The number of amides is 2. The van der Waals surface area contributed by atoms with E-state index in [0.29, 0.717) is 18.7 Å². The molecule has 1 heterocycles. The molecule has 0 aromatic heterocycles. The quantitative estimate of drug-likeness (QED) is 0.571. The molecule has 2 aromatic carbocycles. The van der Waals surface area contributed by atoms with Crippen molar-refractivity contribution in [3.63, 3.8) is 0 Å². The Morgan fingerprint density at radius 1 is 1.09 bits per heavy atom. The Labute approximate surface area is 203 Å². The molecule has 35 heavy (non-hydrogen) atoms. The van der Waals surface area contributed by atoms with E-state index in [4.69, 9.17) is 16.3 Å². The molecule has 7 nitrogen and oxygen atoms in total. The van der Waals surface area contributed by atoms with Crippen LogP contribution < -0.4 is 10.6 Å². The number of alkyl carbamates (subject to hydrolysis) is 1. The average Bonchev–Trinajstić information content (AvgIpc) is 3.23. The second kappa shape index (κ2) is 8.41. The lowest BCUT2D eigenvalue weighted by Crippen LogP contribution is -2.50. The largest absolute Gasteiger partial charge is 0.440 e. The SMILES string of the molecule is O=C1NC[C@@]2(O1)C1CC[C@H]2C[C@H](S(=O)(=O)c2cc(C(=O)Nc3cc(F)c(F)c(F)c3)ccc2Cl)C1. The van der Waals surface area contributed by atoms with Crippen LogP contribution in [-0.4, -0.2) is 37.8 Å². The predicted molar refractivity (Wildman–Crippen MR) is 119 cm³/mol. The number of nitrogens with one attached hydrogen (secondary N) is 2. The first-order chi connectivity index (χ1) is 16.5. The van der Waals surface area contributed by atoms with E-state index in [1.165, 1.54) is 12.1 Å². The number of halogens is 4. The van der Waals surface area contributed by atoms with Gasteiger partial charge in [-0.1, -0.05) is 11.6 Å². The summed E-state index contributed by atoms with van der Waals surface area (Å²) in [5, 5.41) is 4.06. The molecule has 5 rings (SSSR count). The zero-order valence-corrected chi connectivity index (χ0v) is 19.7. The Morgan fingerprint density at radius 2 is 1.71 bits per heavy atom. The van der Waals surface area contributed by atoms with Crippen LogP contribution in [0.1, 0.15) is 36.0 Å². The van der Waals surface area contributed by atoms with Crippen LogP contribution in [-0.2, 0) is 14.6 Å². The van der Waals surface area contributed by atoms with E-state index in [2.05, 4.69) is 10.6 Å². The number of ether oxygens (including phenoxy) is 1. The van der Waals surface area contributed by atoms with E-state index < -0.39 is 50.1 Å². The molecule has 0 radical (unpaired) electrons. The first kappa shape index (κ1) is 23.9. The Morgan fingerprint density at radius 3 is 2.29 bits per heavy atom. The second-order valence-electron chi connectivity index (χ2n) is 9.16. The maximum Gasteiger partial charge on any atom is 0.407 e. The van der Waals surface area contributed by atoms with Crippen LogP contribution in [0.2, 0.25) is 5.02 Å². The van der Waals surface area contributed by atoms with E-state index in [1.807, 2.05) is 0 Å². The van der Waals surface area contributed by atoms with Gasteiger partial charge in [-0.15, -0.1) is 0 Å². The lowest BCUT2D eigenvalue weighted by molar-refractivity contribution is -0.0314. The Kier molecular flexibility index (Phi) is 5.75. The predicted octanol–water partition coefficient (Wildman–Crippen LogP) is 4.45. The van der Waals surface area contributed by atoms with Gasteiger partial charge in [-0.25, -0.2) is 26.4 Å². The van der Waals surface area contributed by atoms with Crippen molar-refractivity contribution in [2.75, 3.05) is 11.9 Å². The molecule has 1 saturated heterocycles. The third-order valence-electron chi connectivity index (χ3n) is 7.31. The van der Waals surface area contributed by atoms with Gasteiger partial charge in [0.1, 0.15) is 5.60 Å². The van der Waals surface area contributed by atoms with Gasteiger partial charge in [-0.2, -0.15) is 0 Å². The molecule has 4 atom stereocenters. The fourth-order valence-electron chi connectivity index (χ4n) is 5.63. The van der Waals surface area contributed by atoms with E-state index >= 15 is 0 Å². The van der Waals surface area contributed by atoms with Crippen molar-refractivity contribution in [2.24, 2.45) is 11.8 Å². The highest BCUT2D eigenvalue weighted by atomic mass is 35.5. The lowest BCUT2D eigenvalue weighted by Gasteiger charge is -2.41. The Balaban J connectivity index is 1.40. The molecule has 2 aromatic rings. The maximum atomic E-state index is 13.6. The summed E-state index contributed by atoms with van der Waals surface area (Å²) in [6.45, 7) is 0.356. The van der Waals surface area contributed by atoms with Crippen molar-refractivity contribution in [1.82, 2.24) is 5.32 Å². The van der Waals surface area contributed by atoms with Crippen LogP contribution in [0.25, 0.3) is 0 Å². The highest BCUT2D eigenvalue weighted by Gasteiger charge is 2.61. The van der Waals surface area contributed by atoms with Gasteiger partial charge in [-0.3, -0.25) is 4.79 Å². The number of anilines is 1. The van der Waals surface area contributed by atoms with Crippen molar-refractivity contribution >= 4 is 39.1 Å². The van der Waals surface area contributed by atoms with Crippen molar-refractivity contribution in [3.05, 3.63) is 58.4 Å². The smallest absolute Gasteiger partial charge is 0.407 e.